The zero-order chi connectivity index (χ0) is 18.2. The topological polar surface area (TPSA) is 75.6 Å². The van der Waals surface area contributed by atoms with E-state index in [9.17, 15) is 14.7 Å². The van der Waals surface area contributed by atoms with E-state index >= 15 is 0 Å². The molecular formula is C19H27NO4. The second-order valence-corrected chi connectivity index (χ2v) is 8.58. The fourth-order valence-corrected chi connectivity index (χ4v) is 3.85. The highest BCUT2D eigenvalue weighted by atomic mass is 16.6. The summed E-state index contributed by atoms with van der Waals surface area (Å²) in [5, 5.41) is 12.0. The molecule has 1 fully saturated rings. The van der Waals surface area contributed by atoms with Crippen LogP contribution < -0.4 is 5.32 Å². The van der Waals surface area contributed by atoms with Crippen molar-refractivity contribution >= 4 is 17.7 Å². The molecule has 0 unspecified atom stereocenters. The third-order valence-corrected chi connectivity index (χ3v) is 4.24. The second kappa shape index (κ2) is 6.11. The van der Waals surface area contributed by atoms with Crippen LogP contribution in [0.25, 0.3) is 0 Å². The molecule has 0 spiro atoms. The molecule has 2 N–H and O–H groups in total. The average Bonchev–Trinajstić information content (AvgIpc) is 2.33. The third kappa shape index (κ3) is 4.49. The van der Waals surface area contributed by atoms with Gasteiger partial charge in [-0.3, -0.25) is 10.1 Å². The molecule has 1 amide bonds. The van der Waals surface area contributed by atoms with Crippen molar-refractivity contribution in [2.75, 3.05) is 5.32 Å². The van der Waals surface area contributed by atoms with Crippen LogP contribution in [-0.2, 0) is 14.9 Å². The molecule has 24 heavy (non-hydrogen) atoms. The second-order valence-electron chi connectivity index (χ2n) is 8.58. The van der Waals surface area contributed by atoms with Gasteiger partial charge in [0, 0.05) is 11.1 Å². The van der Waals surface area contributed by atoms with Crippen molar-refractivity contribution in [1.82, 2.24) is 0 Å². The number of carbonyl (C=O) groups excluding carboxylic acids is 1. The number of nitrogens with one attached hydrogen (secondary N) is 1. The van der Waals surface area contributed by atoms with E-state index in [4.69, 9.17) is 4.74 Å². The number of ether oxygens (including phenoxy) is 1. The number of benzene rings is 1. The van der Waals surface area contributed by atoms with Crippen LogP contribution in [0.15, 0.2) is 24.3 Å². The van der Waals surface area contributed by atoms with Gasteiger partial charge in [-0.15, -0.1) is 0 Å². The van der Waals surface area contributed by atoms with Gasteiger partial charge < -0.3 is 9.84 Å². The predicted molar refractivity (Wildman–Crippen MR) is 93.2 cm³/mol. The molecule has 0 bridgehead atoms. The first-order valence-electron chi connectivity index (χ1n) is 8.23. The first-order valence-corrected chi connectivity index (χ1v) is 8.23. The van der Waals surface area contributed by atoms with Gasteiger partial charge >= 0.3 is 12.1 Å². The lowest BCUT2D eigenvalue weighted by molar-refractivity contribution is -0.141. The van der Waals surface area contributed by atoms with E-state index < -0.39 is 17.7 Å². The molecule has 1 aliphatic rings. The Morgan fingerprint density at radius 2 is 1.88 bits per heavy atom. The Balaban J connectivity index is 2.19. The van der Waals surface area contributed by atoms with E-state index in [2.05, 4.69) is 19.2 Å². The van der Waals surface area contributed by atoms with Gasteiger partial charge in [0.15, 0.2) is 0 Å². The summed E-state index contributed by atoms with van der Waals surface area (Å²) in [5.41, 5.74) is 0.795. The summed E-state index contributed by atoms with van der Waals surface area (Å²) in [7, 11) is 0. The summed E-state index contributed by atoms with van der Waals surface area (Å²) in [6, 6.07) is 7.43. The Morgan fingerprint density at radius 1 is 1.25 bits per heavy atom. The van der Waals surface area contributed by atoms with Crippen LogP contribution in [0.4, 0.5) is 10.5 Å². The molecule has 1 aromatic carbocycles. The van der Waals surface area contributed by atoms with Crippen LogP contribution in [0, 0.1) is 5.41 Å². The number of carbonyl (C=O) groups is 2. The van der Waals surface area contributed by atoms with E-state index in [0.29, 0.717) is 5.69 Å². The highest BCUT2D eigenvalue weighted by molar-refractivity contribution is 5.85. The van der Waals surface area contributed by atoms with Crippen molar-refractivity contribution in [1.29, 1.82) is 0 Å². The van der Waals surface area contributed by atoms with Crippen LogP contribution in [-0.4, -0.2) is 22.8 Å². The number of carboxylic acid groups (broad SMARTS) is 1. The first kappa shape index (κ1) is 18.3. The van der Waals surface area contributed by atoms with Gasteiger partial charge in [-0.2, -0.15) is 0 Å². The molecule has 0 radical (unpaired) electrons. The van der Waals surface area contributed by atoms with Crippen molar-refractivity contribution in [3.8, 4) is 0 Å². The Labute approximate surface area is 143 Å². The third-order valence-electron chi connectivity index (χ3n) is 4.24. The molecule has 1 aliphatic carbocycles. The van der Waals surface area contributed by atoms with E-state index in [-0.39, 0.29) is 17.3 Å². The summed E-state index contributed by atoms with van der Waals surface area (Å²) >= 11 is 0. The summed E-state index contributed by atoms with van der Waals surface area (Å²) in [6.45, 7) is 9.72. The monoisotopic (exact) mass is 333 g/mol. The SMILES string of the molecule is CC1(C)CC(CC(=O)O)(c2cccc(NC(=O)OC(C)(C)C)c2)C1. The zero-order valence-electron chi connectivity index (χ0n) is 15.1. The molecule has 1 aromatic rings. The van der Waals surface area contributed by atoms with E-state index in [0.717, 1.165) is 18.4 Å². The van der Waals surface area contributed by atoms with Crippen LogP contribution in [0.5, 0.6) is 0 Å². The zero-order valence-corrected chi connectivity index (χ0v) is 15.1. The van der Waals surface area contributed by atoms with E-state index in [1.54, 1.807) is 26.8 Å². The molecule has 1 saturated carbocycles. The smallest absolute Gasteiger partial charge is 0.412 e. The highest BCUT2D eigenvalue weighted by Crippen LogP contribution is 2.57. The molecule has 0 saturated heterocycles. The van der Waals surface area contributed by atoms with Gasteiger partial charge in [0.05, 0.1) is 6.42 Å². The van der Waals surface area contributed by atoms with Crippen LogP contribution in [0.2, 0.25) is 0 Å². The van der Waals surface area contributed by atoms with Crippen molar-refractivity contribution in [3.05, 3.63) is 29.8 Å². The van der Waals surface area contributed by atoms with Gasteiger partial charge in [0.2, 0.25) is 0 Å². The number of anilines is 1. The minimum Gasteiger partial charge on any atom is -0.481 e. The number of carboxylic acids is 1. The highest BCUT2D eigenvalue weighted by Gasteiger charge is 2.51. The van der Waals surface area contributed by atoms with Crippen molar-refractivity contribution in [2.24, 2.45) is 5.41 Å². The Morgan fingerprint density at radius 3 is 2.38 bits per heavy atom. The Hall–Kier alpha value is -2.04. The first-order chi connectivity index (χ1) is 10.9. The van der Waals surface area contributed by atoms with Gasteiger partial charge in [-0.1, -0.05) is 26.0 Å². The summed E-state index contributed by atoms with van der Waals surface area (Å²) < 4.78 is 5.26. The van der Waals surface area contributed by atoms with Gasteiger partial charge in [-0.05, 0) is 56.7 Å². The number of hydrogen-bond donors (Lipinski definition) is 2. The quantitative estimate of drug-likeness (QED) is 0.846. The van der Waals surface area contributed by atoms with Crippen molar-refractivity contribution < 1.29 is 19.4 Å². The minimum absolute atomic E-state index is 0.103. The summed E-state index contributed by atoms with van der Waals surface area (Å²) in [6.07, 6.45) is 1.23. The van der Waals surface area contributed by atoms with Crippen LogP contribution in [0.3, 0.4) is 0 Å². The Bertz CT molecular complexity index is 635. The van der Waals surface area contributed by atoms with Crippen molar-refractivity contribution in [3.63, 3.8) is 0 Å². The normalized spacial score (nSPS) is 18.4. The number of aliphatic carboxylic acids is 1. The number of hydrogen-bond acceptors (Lipinski definition) is 3. The maximum Gasteiger partial charge on any atom is 0.412 e. The average molecular weight is 333 g/mol. The van der Waals surface area contributed by atoms with Crippen LogP contribution >= 0.6 is 0 Å². The van der Waals surface area contributed by atoms with Gasteiger partial charge in [0.25, 0.3) is 0 Å². The predicted octanol–water partition coefficient (Wildman–Crippen LogP) is 4.57. The maximum absolute atomic E-state index is 11.9. The van der Waals surface area contributed by atoms with E-state index in [1.165, 1.54) is 0 Å². The van der Waals surface area contributed by atoms with Crippen molar-refractivity contribution in [2.45, 2.75) is 64.9 Å². The number of amides is 1. The summed E-state index contributed by atoms with van der Waals surface area (Å²) in [5.74, 6) is -0.795. The molecule has 0 heterocycles. The van der Waals surface area contributed by atoms with Crippen LogP contribution in [0.1, 0.15) is 59.4 Å². The molecule has 132 valence electrons. The molecule has 5 heteroatoms. The largest absolute Gasteiger partial charge is 0.481 e. The maximum atomic E-state index is 11.9. The standard InChI is InChI=1S/C19H27NO4/c1-17(2,3)24-16(23)20-14-8-6-7-13(9-14)19(10-15(21)22)11-18(4,5)12-19/h6-9H,10-12H2,1-5H3,(H,20,23)(H,21,22). The lowest BCUT2D eigenvalue weighted by atomic mass is 9.50. The van der Waals surface area contributed by atoms with Gasteiger partial charge in [0.1, 0.15) is 5.60 Å². The minimum atomic E-state index is -0.795. The molecule has 5 nitrogen and oxygen atoms in total. The Kier molecular flexibility index (Phi) is 4.66. The molecule has 0 atom stereocenters. The van der Waals surface area contributed by atoms with E-state index in [1.807, 2.05) is 18.2 Å². The lowest BCUT2D eigenvalue weighted by Crippen LogP contribution is -2.47. The lowest BCUT2D eigenvalue weighted by Gasteiger charge is -2.53. The fourth-order valence-electron chi connectivity index (χ4n) is 3.85. The molecule has 2 rings (SSSR count). The number of rotatable bonds is 4. The molecular weight excluding hydrogens is 306 g/mol. The fraction of sp³-hybridized carbons (Fsp3) is 0.579. The molecule has 0 aliphatic heterocycles. The van der Waals surface area contributed by atoms with Gasteiger partial charge in [-0.25, -0.2) is 4.79 Å². The summed E-state index contributed by atoms with van der Waals surface area (Å²) in [4.78, 5) is 23.2. The molecule has 0 aromatic heterocycles.